The summed E-state index contributed by atoms with van der Waals surface area (Å²) in [6.45, 7) is 3.86. The number of carbonyl (C=O) groups is 2. The Balaban J connectivity index is 1.69. The second kappa shape index (κ2) is 7.02. The summed E-state index contributed by atoms with van der Waals surface area (Å²) in [5, 5.41) is 4.96. The van der Waals surface area contributed by atoms with Gasteiger partial charge in [0.05, 0.1) is 4.47 Å². The van der Waals surface area contributed by atoms with Gasteiger partial charge in [-0.3, -0.25) is 4.79 Å². The number of nitrogens with zero attached hydrogens (tertiary/aromatic N) is 1. The van der Waals surface area contributed by atoms with Gasteiger partial charge in [0.2, 0.25) is 0 Å². The maximum atomic E-state index is 12.6. The molecule has 1 fully saturated rings. The Kier molecular flexibility index (Phi) is 4.67. The van der Waals surface area contributed by atoms with Crippen LogP contribution >= 0.6 is 15.9 Å². The van der Waals surface area contributed by atoms with E-state index in [0.29, 0.717) is 17.8 Å². The van der Waals surface area contributed by atoms with E-state index >= 15 is 0 Å². The molecule has 2 unspecified atom stereocenters. The summed E-state index contributed by atoms with van der Waals surface area (Å²) >= 11 is 3.49. The molecular weight excluding hydrogens is 420 g/mol. The molecule has 0 spiro atoms. The molecule has 6 heteroatoms. The number of aryl methyl sites for hydroxylation is 1. The van der Waals surface area contributed by atoms with E-state index in [-0.39, 0.29) is 5.97 Å². The van der Waals surface area contributed by atoms with Crippen molar-refractivity contribution in [3.05, 3.63) is 69.8 Å². The van der Waals surface area contributed by atoms with Gasteiger partial charge in [0.1, 0.15) is 17.5 Å². The molecule has 142 valence electrons. The third-order valence-electron chi connectivity index (χ3n) is 5.15. The van der Waals surface area contributed by atoms with E-state index in [0.717, 1.165) is 32.7 Å². The number of pyridine rings is 1. The number of halogens is 1. The zero-order chi connectivity index (χ0) is 19.9. The quantitative estimate of drug-likeness (QED) is 0.469. The molecule has 5 nitrogen and oxygen atoms in total. The molecule has 3 aromatic rings. The minimum atomic E-state index is -0.799. The SMILES string of the molecule is Cc1cnc(NC2CC(C)(c3cccc4c(C=O)cccc34)OC2=O)c(Br)c1. The van der Waals surface area contributed by atoms with E-state index in [1.807, 2.05) is 50.2 Å². The van der Waals surface area contributed by atoms with Crippen molar-refractivity contribution in [1.29, 1.82) is 0 Å². The van der Waals surface area contributed by atoms with Crippen molar-refractivity contribution in [3.8, 4) is 0 Å². The number of cyclic esters (lactones) is 1. The molecule has 0 saturated carbocycles. The third-order valence-corrected chi connectivity index (χ3v) is 5.75. The maximum absolute atomic E-state index is 12.6. The highest BCUT2D eigenvalue weighted by Gasteiger charge is 2.45. The second-order valence-corrected chi connectivity index (χ2v) is 8.12. The molecule has 4 rings (SSSR count). The van der Waals surface area contributed by atoms with Crippen LogP contribution in [0.25, 0.3) is 10.8 Å². The van der Waals surface area contributed by atoms with E-state index < -0.39 is 11.6 Å². The summed E-state index contributed by atoms with van der Waals surface area (Å²) in [5.74, 6) is 0.290. The Hall–Kier alpha value is -2.73. The van der Waals surface area contributed by atoms with Gasteiger partial charge in [-0.05, 0) is 52.2 Å². The van der Waals surface area contributed by atoms with Crippen molar-refractivity contribution in [1.82, 2.24) is 4.98 Å². The van der Waals surface area contributed by atoms with Crippen molar-refractivity contribution in [2.45, 2.75) is 31.9 Å². The van der Waals surface area contributed by atoms with Crippen molar-refractivity contribution in [2.24, 2.45) is 0 Å². The second-order valence-electron chi connectivity index (χ2n) is 7.26. The fourth-order valence-corrected chi connectivity index (χ4v) is 4.36. The Bertz CT molecular complexity index is 1100. The number of hydrogen-bond acceptors (Lipinski definition) is 5. The average molecular weight is 439 g/mol. The van der Waals surface area contributed by atoms with Crippen LogP contribution in [-0.2, 0) is 15.1 Å². The molecule has 2 heterocycles. The minimum absolute atomic E-state index is 0.319. The average Bonchev–Trinajstić information content (AvgIpc) is 2.97. The lowest BCUT2D eigenvalue weighted by atomic mass is 9.87. The smallest absolute Gasteiger partial charge is 0.329 e. The van der Waals surface area contributed by atoms with E-state index in [2.05, 4.69) is 26.2 Å². The van der Waals surface area contributed by atoms with Crippen molar-refractivity contribution in [3.63, 3.8) is 0 Å². The molecule has 2 aromatic carbocycles. The summed E-state index contributed by atoms with van der Waals surface area (Å²) < 4.78 is 6.63. The molecule has 28 heavy (non-hydrogen) atoms. The van der Waals surface area contributed by atoms with Gasteiger partial charge in [-0.15, -0.1) is 0 Å². The first-order chi connectivity index (χ1) is 13.4. The lowest BCUT2D eigenvalue weighted by Gasteiger charge is -2.25. The number of benzene rings is 2. The lowest BCUT2D eigenvalue weighted by Crippen LogP contribution is -2.26. The van der Waals surface area contributed by atoms with Gasteiger partial charge in [0, 0.05) is 23.7 Å². The van der Waals surface area contributed by atoms with Gasteiger partial charge in [0.15, 0.2) is 6.29 Å². The van der Waals surface area contributed by atoms with Crippen LogP contribution in [0.3, 0.4) is 0 Å². The number of aldehydes is 1. The Labute approximate surface area is 171 Å². The van der Waals surface area contributed by atoms with Crippen molar-refractivity contribution in [2.75, 3.05) is 5.32 Å². The van der Waals surface area contributed by atoms with Crippen LogP contribution in [0, 0.1) is 6.92 Å². The van der Waals surface area contributed by atoms with Gasteiger partial charge < -0.3 is 10.1 Å². The number of fused-ring (bicyclic) bond motifs is 1. The number of anilines is 1. The summed E-state index contributed by atoms with van der Waals surface area (Å²) in [6.07, 6.45) is 3.05. The van der Waals surface area contributed by atoms with E-state index in [1.54, 1.807) is 12.3 Å². The third kappa shape index (κ3) is 3.18. The van der Waals surface area contributed by atoms with Crippen LogP contribution in [0.15, 0.2) is 53.1 Å². The van der Waals surface area contributed by atoms with Gasteiger partial charge in [-0.25, -0.2) is 9.78 Å². The van der Waals surface area contributed by atoms with Crippen LogP contribution in [0.5, 0.6) is 0 Å². The Morgan fingerprint density at radius 3 is 2.75 bits per heavy atom. The van der Waals surface area contributed by atoms with Gasteiger partial charge >= 0.3 is 5.97 Å². The van der Waals surface area contributed by atoms with Crippen molar-refractivity contribution < 1.29 is 14.3 Å². The van der Waals surface area contributed by atoms with Crippen molar-refractivity contribution >= 4 is 44.8 Å². The first-order valence-corrected chi connectivity index (χ1v) is 9.79. The first kappa shape index (κ1) is 18.6. The maximum Gasteiger partial charge on any atom is 0.329 e. The standard InChI is InChI=1S/C22H19BrN2O3/c1-13-9-18(23)20(24-11-13)25-19-10-22(2,28-21(19)27)17-8-4-6-15-14(12-26)5-3-7-16(15)17/h3-9,11-12,19H,10H2,1-2H3,(H,24,25). The predicted octanol–water partition coefficient (Wildman–Crippen LogP) is 4.76. The highest BCUT2D eigenvalue weighted by molar-refractivity contribution is 9.10. The van der Waals surface area contributed by atoms with E-state index in [1.165, 1.54) is 0 Å². The summed E-state index contributed by atoms with van der Waals surface area (Å²) in [4.78, 5) is 28.4. The molecule has 1 aliphatic rings. The highest BCUT2D eigenvalue weighted by atomic mass is 79.9. The fraction of sp³-hybridized carbons (Fsp3) is 0.227. The zero-order valence-corrected chi connectivity index (χ0v) is 17.1. The summed E-state index contributed by atoms with van der Waals surface area (Å²) in [6, 6.07) is 12.8. The number of esters is 1. The van der Waals surface area contributed by atoms with Crippen LogP contribution in [-0.4, -0.2) is 23.3 Å². The fourth-order valence-electron chi connectivity index (χ4n) is 3.79. The predicted molar refractivity (Wildman–Crippen MR) is 111 cm³/mol. The molecular formula is C22H19BrN2O3. The highest BCUT2D eigenvalue weighted by Crippen LogP contribution is 2.41. The number of nitrogens with one attached hydrogen (secondary N) is 1. The normalized spacial score (nSPS) is 21.5. The summed E-state index contributed by atoms with van der Waals surface area (Å²) in [7, 11) is 0. The Morgan fingerprint density at radius 1 is 1.25 bits per heavy atom. The zero-order valence-electron chi connectivity index (χ0n) is 15.5. The topological polar surface area (TPSA) is 68.3 Å². The number of aromatic nitrogens is 1. The monoisotopic (exact) mass is 438 g/mol. The van der Waals surface area contributed by atoms with Crippen LogP contribution in [0.2, 0.25) is 0 Å². The number of ether oxygens (including phenoxy) is 1. The molecule has 1 N–H and O–H groups in total. The Morgan fingerprint density at radius 2 is 2.00 bits per heavy atom. The van der Waals surface area contributed by atoms with Crippen LogP contribution in [0.1, 0.15) is 34.8 Å². The van der Waals surface area contributed by atoms with Gasteiger partial charge in [-0.1, -0.05) is 36.4 Å². The van der Waals surface area contributed by atoms with Crippen LogP contribution < -0.4 is 5.32 Å². The van der Waals surface area contributed by atoms with Gasteiger partial charge in [-0.2, -0.15) is 0 Å². The largest absolute Gasteiger partial charge is 0.453 e. The molecule has 0 bridgehead atoms. The molecule has 1 aromatic heterocycles. The summed E-state index contributed by atoms with van der Waals surface area (Å²) in [5.41, 5.74) is 1.74. The van der Waals surface area contributed by atoms with E-state index in [9.17, 15) is 9.59 Å². The molecule has 0 aliphatic carbocycles. The molecule has 2 atom stereocenters. The minimum Gasteiger partial charge on any atom is -0.453 e. The number of hydrogen-bond donors (Lipinski definition) is 1. The molecule has 1 aliphatic heterocycles. The number of carbonyl (C=O) groups excluding carboxylic acids is 2. The first-order valence-electron chi connectivity index (χ1n) is 9.00. The molecule has 1 saturated heterocycles. The molecule has 0 amide bonds. The van der Waals surface area contributed by atoms with Gasteiger partial charge in [0.25, 0.3) is 0 Å². The molecule has 0 radical (unpaired) electrons. The van der Waals surface area contributed by atoms with Crippen LogP contribution in [0.4, 0.5) is 5.82 Å². The lowest BCUT2D eigenvalue weighted by molar-refractivity contribution is -0.148. The van der Waals surface area contributed by atoms with E-state index in [4.69, 9.17) is 4.74 Å². The number of rotatable bonds is 4.